The summed E-state index contributed by atoms with van der Waals surface area (Å²) in [5.74, 6) is 0.573. The van der Waals surface area contributed by atoms with Crippen LogP contribution >= 0.6 is 0 Å². The lowest BCUT2D eigenvalue weighted by Crippen LogP contribution is -2.31. The highest BCUT2D eigenvalue weighted by Gasteiger charge is 2.16. The Kier molecular flexibility index (Phi) is 8.36. The van der Waals surface area contributed by atoms with Gasteiger partial charge in [-0.1, -0.05) is 39.7 Å². The van der Waals surface area contributed by atoms with Crippen LogP contribution < -0.4 is 10.2 Å². The molecule has 1 aromatic carbocycles. The molecule has 1 aromatic rings. The van der Waals surface area contributed by atoms with Crippen molar-refractivity contribution in [3.05, 3.63) is 29.6 Å². The van der Waals surface area contributed by atoms with Gasteiger partial charge in [0.15, 0.2) is 0 Å². The van der Waals surface area contributed by atoms with Gasteiger partial charge in [0.05, 0.1) is 0 Å². The molecule has 0 radical (unpaired) electrons. The third-order valence-electron chi connectivity index (χ3n) is 4.18. The molecule has 0 aliphatic heterocycles. The molecular formula is C18H31FN2. The highest BCUT2D eigenvalue weighted by atomic mass is 19.1. The summed E-state index contributed by atoms with van der Waals surface area (Å²) >= 11 is 0. The van der Waals surface area contributed by atoms with Crippen molar-refractivity contribution < 1.29 is 4.39 Å². The molecule has 0 fully saturated rings. The van der Waals surface area contributed by atoms with Gasteiger partial charge in [-0.25, -0.2) is 4.39 Å². The summed E-state index contributed by atoms with van der Waals surface area (Å²) in [4.78, 5) is 2.32. The van der Waals surface area contributed by atoms with E-state index < -0.39 is 0 Å². The zero-order valence-corrected chi connectivity index (χ0v) is 14.1. The maximum Gasteiger partial charge on any atom is 0.129 e. The molecule has 3 heteroatoms. The summed E-state index contributed by atoms with van der Waals surface area (Å²) < 4.78 is 14.2. The van der Waals surface area contributed by atoms with Crippen molar-refractivity contribution in [2.75, 3.05) is 24.5 Å². The van der Waals surface area contributed by atoms with Crippen LogP contribution in [0.25, 0.3) is 0 Å². The van der Waals surface area contributed by atoms with E-state index in [1.807, 2.05) is 6.07 Å². The number of rotatable bonds is 10. The molecule has 0 heterocycles. The normalized spacial score (nSPS) is 11.1. The lowest BCUT2D eigenvalue weighted by atomic mass is 10.0. The standard InChI is InChI=1S/C18H31FN2/c1-5-12-20-13-16-17(19)10-9-11-18(16)21(8-4)14-15(6-2)7-3/h9-11,15,20H,5-8,12-14H2,1-4H3. The van der Waals surface area contributed by atoms with Crippen LogP contribution in [0.3, 0.4) is 0 Å². The largest absolute Gasteiger partial charge is 0.371 e. The first-order valence-corrected chi connectivity index (χ1v) is 8.40. The van der Waals surface area contributed by atoms with E-state index in [2.05, 4.69) is 44.0 Å². The maximum atomic E-state index is 14.2. The molecule has 1 rings (SSSR count). The van der Waals surface area contributed by atoms with E-state index >= 15 is 0 Å². The Labute approximate surface area is 129 Å². The van der Waals surface area contributed by atoms with Gasteiger partial charge in [-0.15, -0.1) is 0 Å². The van der Waals surface area contributed by atoms with Crippen molar-refractivity contribution >= 4 is 5.69 Å². The van der Waals surface area contributed by atoms with Crippen LogP contribution in [0.4, 0.5) is 10.1 Å². The molecule has 0 aliphatic rings. The molecule has 0 spiro atoms. The van der Waals surface area contributed by atoms with Crippen LogP contribution in [-0.2, 0) is 6.54 Å². The van der Waals surface area contributed by atoms with Crippen molar-refractivity contribution in [3.8, 4) is 0 Å². The number of halogens is 1. The lowest BCUT2D eigenvalue weighted by Gasteiger charge is -2.29. The highest BCUT2D eigenvalue weighted by molar-refractivity contribution is 5.54. The second-order valence-corrected chi connectivity index (χ2v) is 5.64. The number of hydrogen-bond donors (Lipinski definition) is 1. The van der Waals surface area contributed by atoms with Crippen molar-refractivity contribution in [1.82, 2.24) is 5.32 Å². The van der Waals surface area contributed by atoms with Crippen LogP contribution in [0.15, 0.2) is 18.2 Å². The zero-order valence-electron chi connectivity index (χ0n) is 14.1. The van der Waals surface area contributed by atoms with Crippen LogP contribution in [0.2, 0.25) is 0 Å². The summed E-state index contributed by atoms with van der Waals surface area (Å²) in [6, 6.07) is 5.44. The predicted octanol–water partition coefficient (Wildman–Crippen LogP) is 4.59. The molecule has 0 bridgehead atoms. The molecule has 120 valence electrons. The SMILES string of the molecule is CCCNCc1c(F)cccc1N(CC)CC(CC)CC. The summed E-state index contributed by atoms with van der Waals surface area (Å²) in [6.07, 6.45) is 3.41. The highest BCUT2D eigenvalue weighted by Crippen LogP contribution is 2.25. The minimum absolute atomic E-state index is 0.0981. The van der Waals surface area contributed by atoms with Crippen LogP contribution in [0, 0.1) is 11.7 Å². The molecule has 2 nitrogen and oxygen atoms in total. The van der Waals surface area contributed by atoms with E-state index in [1.165, 1.54) is 12.8 Å². The van der Waals surface area contributed by atoms with Gasteiger partial charge in [0.2, 0.25) is 0 Å². The zero-order chi connectivity index (χ0) is 15.7. The van der Waals surface area contributed by atoms with Gasteiger partial charge >= 0.3 is 0 Å². The molecule has 0 aromatic heterocycles. The summed E-state index contributed by atoms with van der Waals surface area (Å²) in [7, 11) is 0. The Morgan fingerprint density at radius 1 is 1.14 bits per heavy atom. The van der Waals surface area contributed by atoms with Crippen molar-refractivity contribution in [2.24, 2.45) is 5.92 Å². The van der Waals surface area contributed by atoms with Gasteiger partial charge in [0.1, 0.15) is 5.82 Å². The molecule has 0 saturated carbocycles. The minimum Gasteiger partial charge on any atom is -0.371 e. The molecule has 1 N–H and O–H groups in total. The fourth-order valence-electron chi connectivity index (χ4n) is 2.67. The lowest BCUT2D eigenvalue weighted by molar-refractivity contribution is 0.484. The Bertz CT molecular complexity index is 402. The van der Waals surface area contributed by atoms with Crippen LogP contribution in [-0.4, -0.2) is 19.6 Å². The van der Waals surface area contributed by atoms with E-state index in [1.54, 1.807) is 6.07 Å². The fraction of sp³-hybridized carbons (Fsp3) is 0.667. The summed E-state index contributed by atoms with van der Waals surface area (Å²) in [5, 5.41) is 3.33. The first-order chi connectivity index (χ1) is 10.2. The van der Waals surface area contributed by atoms with Crippen LogP contribution in [0.1, 0.15) is 52.5 Å². The molecule has 0 amide bonds. The molecule has 21 heavy (non-hydrogen) atoms. The molecule has 0 unspecified atom stereocenters. The first kappa shape index (κ1) is 18.0. The summed E-state index contributed by atoms with van der Waals surface area (Å²) in [5.41, 5.74) is 1.85. The Hall–Kier alpha value is -1.09. The second kappa shape index (κ2) is 9.78. The average Bonchev–Trinajstić information content (AvgIpc) is 2.50. The third-order valence-corrected chi connectivity index (χ3v) is 4.18. The first-order valence-electron chi connectivity index (χ1n) is 8.40. The monoisotopic (exact) mass is 294 g/mol. The fourth-order valence-corrected chi connectivity index (χ4v) is 2.67. The van der Waals surface area contributed by atoms with Gasteiger partial charge in [-0.05, 0) is 37.9 Å². The molecule has 0 aliphatic carbocycles. The molecule has 0 saturated heterocycles. The second-order valence-electron chi connectivity index (χ2n) is 5.64. The Balaban J connectivity index is 2.94. The predicted molar refractivity (Wildman–Crippen MR) is 90.4 cm³/mol. The van der Waals surface area contributed by atoms with Crippen molar-refractivity contribution in [3.63, 3.8) is 0 Å². The van der Waals surface area contributed by atoms with Crippen LogP contribution in [0.5, 0.6) is 0 Å². The van der Waals surface area contributed by atoms with E-state index in [9.17, 15) is 4.39 Å². The third kappa shape index (κ3) is 5.31. The van der Waals surface area contributed by atoms with Crippen molar-refractivity contribution in [1.29, 1.82) is 0 Å². The van der Waals surface area contributed by atoms with Crippen molar-refractivity contribution in [2.45, 2.75) is 53.5 Å². The number of nitrogens with one attached hydrogen (secondary N) is 1. The molecule has 0 atom stereocenters. The number of benzene rings is 1. The van der Waals surface area contributed by atoms with Gasteiger partial charge in [0.25, 0.3) is 0 Å². The topological polar surface area (TPSA) is 15.3 Å². The van der Waals surface area contributed by atoms with E-state index in [-0.39, 0.29) is 5.82 Å². The Morgan fingerprint density at radius 3 is 2.43 bits per heavy atom. The minimum atomic E-state index is -0.0981. The number of nitrogens with zero attached hydrogens (tertiary/aromatic N) is 1. The average molecular weight is 294 g/mol. The number of anilines is 1. The van der Waals surface area contributed by atoms with Gasteiger partial charge in [-0.3, -0.25) is 0 Å². The quantitative estimate of drug-likeness (QED) is 0.635. The Morgan fingerprint density at radius 2 is 1.86 bits per heavy atom. The number of hydrogen-bond acceptors (Lipinski definition) is 2. The maximum absolute atomic E-state index is 14.2. The smallest absolute Gasteiger partial charge is 0.129 e. The molecular weight excluding hydrogens is 263 g/mol. The van der Waals surface area contributed by atoms with Gasteiger partial charge in [-0.2, -0.15) is 0 Å². The van der Waals surface area contributed by atoms with E-state index in [0.29, 0.717) is 12.5 Å². The van der Waals surface area contributed by atoms with E-state index in [0.717, 1.165) is 37.3 Å². The van der Waals surface area contributed by atoms with Gasteiger partial charge in [0, 0.05) is 30.9 Å². The summed E-state index contributed by atoms with van der Waals surface area (Å²) in [6.45, 7) is 12.2. The van der Waals surface area contributed by atoms with E-state index in [4.69, 9.17) is 0 Å². The van der Waals surface area contributed by atoms with Gasteiger partial charge < -0.3 is 10.2 Å².